The Kier molecular flexibility index (Phi) is 3.55. The molecule has 0 radical (unpaired) electrons. The van der Waals surface area contributed by atoms with Gasteiger partial charge in [-0.15, -0.1) is 0 Å². The molecule has 0 spiro atoms. The molecule has 0 fully saturated rings. The van der Waals surface area contributed by atoms with E-state index in [0.29, 0.717) is 10.6 Å². The van der Waals surface area contributed by atoms with Crippen LogP contribution in [0.2, 0.25) is 5.02 Å². The molecular weight excluding hydrogens is 248 g/mol. The highest BCUT2D eigenvalue weighted by atomic mass is 35.5. The molecule has 1 aromatic carbocycles. The molecule has 0 saturated carbocycles. The SMILES string of the molecule is Cc1cc(Cl)ccc1-n1cc(CN)c(=O)cc1C. The van der Waals surface area contributed by atoms with Crippen molar-refractivity contribution in [2.75, 3.05) is 0 Å². The van der Waals surface area contributed by atoms with Crippen LogP contribution in [-0.2, 0) is 6.54 Å². The zero-order valence-electron chi connectivity index (χ0n) is 10.4. The lowest BCUT2D eigenvalue weighted by Gasteiger charge is -2.14. The van der Waals surface area contributed by atoms with E-state index in [0.717, 1.165) is 16.9 Å². The average Bonchev–Trinajstić information content (AvgIpc) is 2.30. The van der Waals surface area contributed by atoms with Gasteiger partial charge in [-0.05, 0) is 37.6 Å². The molecular formula is C14H15ClN2O. The summed E-state index contributed by atoms with van der Waals surface area (Å²) < 4.78 is 1.97. The van der Waals surface area contributed by atoms with Crippen molar-refractivity contribution in [3.63, 3.8) is 0 Å². The minimum Gasteiger partial charge on any atom is -0.326 e. The Morgan fingerprint density at radius 1 is 1.28 bits per heavy atom. The second-order valence-corrected chi connectivity index (χ2v) is 4.75. The van der Waals surface area contributed by atoms with Gasteiger partial charge in [0, 0.05) is 40.8 Å². The first-order valence-electron chi connectivity index (χ1n) is 5.71. The van der Waals surface area contributed by atoms with Gasteiger partial charge < -0.3 is 10.3 Å². The molecule has 2 rings (SSSR count). The number of nitrogens with zero attached hydrogens (tertiary/aromatic N) is 1. The van der Waals surface area contributed by atoms with E-state index in [1.54, 1.807) is 12.3 Å². The molecule has 94 valence electrons. The van der Waals surface area contributed by atoms with Crippen LogP contribution >= 0.6 is 11.6 Å². The monoisotopic (exact) mass is 262 g/mol. The Morgan fingerprint density at radius 2 is 2.00 bits per heavy atom. The fraction of sp³-hybridized carbons (Fsp3) is 0.214. The van der Waals surface area contributed by atoms with Crippen LogP contribution in [0.15, 0.2) is 35.3 Å². The highest BCUT2D eigenvalue weighted by molar-refractivity contribution is 6.30. The number of hydrogen-bond acceptors (Lipinski definition) is 2. The maximum atomic E-state index is 11.7. The van der Waals surface area contributed by atoms with Crippen molar-refractivity contribution in [2.45, 2.75) is 20.4 Å². The van der Waals surface area contributed by atoms with E-state index in [1.807, 2.05) is 36.6 Å². The Bertz CT molecular complexity index is 647. The molecule has 2 N–H and O–H groups in total. The van der Waals surface area contributed by atoms with Crippen LogP contribution in [0.4, 0.5) is 0 Å². The number of halogens is 1. The normalized spacial score (nSPS) is 10.7. The molecule has 0 atom stereocenters. The topological polar surface area (TPSA) is 48.0 Å². The molecule has 1 heterocycles. The largest absolute Gasteiger partial charge is 0.326 e. The highest BCUT2D eigenvalue weighted by Crippen LogP contribution is 2.20. The third kappa shape index (κ3) is 2.33. The third-order valence-electron chi connectivity index (χ3n) is 2.96. The molecule has 0 aliphatic carbocycles. The molecule has 18 heavy (non-hydrogen) atoms. The van der Waals surface area contributed by atoms with Crippen LogP contribution in [-0.4, -0.2) is 4.57 Å². The Balaban J connectivity index is 2.67. The lowest BCUT2D eigenvalue weighted by molar-refractivity contribution is 0.916. The van der Waals surface area contributed by atoms with E-state index < -0.39 is 0 Å². The smallest absolute Gasteiger partial charge is 0.186 e. The van der Waals surface area contributed by atoms with Crippen LogP contribution in [0, 0.1) is 13.8 Å². The van der Waals surface area contributed by atoms with Gasteiger partial charge in [0.25, 0.3) is 0 Å². The summed E-state index contributed by atoms with van der Waals surface area (Å²) in [6.45, 7) is 4.13. The van der Waals surface area contributed by atoms with Crippen LogP contribution in [0.5, 0.6) is 0 Å². The van der Waals surface area contributed by atoms with Gasteiger partial charge >= 0.3 is 0 Å². The first-order valence-corrected chi connectivity index (χ1v) is 6.09. The third-order valence-corrected chi connectivity index (χ3v) is 3.19. The van der Waals surface area contributed by atoms with E-state index in [1.165, 1.54) is 0 Å². The number of pyridine rings is 1. The molecule has 3 nitrogen and oxygen atoms in total. The Labute approximate surface area is 111 Å². The Hall–Kier alpha value is -1.58. The first-order chi connectivity index (χ1) is 8.52. The quantitative estimate of drug-likeness (QED) is 0.904. The number of rotatable bonds is 2. The summed E-state index contributed by atoms with van der Waals surface area (Å²) in [5, 5.41) is 0.703. The Morgan fingerprint density at radius 3 is 2.61 bits per heavy atom. The highest BCUT2D eigenvalue weighted by Gasteiger charge is 2.07. The van der Waals surface area contributed by atoms with Gasteiger partial charge in [-0.2, -0.15) is 0 Å². The van der Waals surface area contributed by atoms with Crippen LogP contribution in [0.25, 0.3) is 5.69 Å². The van der Waals surface area contributed by atoms with Crippen molar-refractivity contribution in [3.05, 3.63) is 62.5 Å². The van der Waals surface area contributed by atoms with Gasteiger partial charge in [-0.1, -0.05) is 11.6 Å². The lowest BCUT2D eigenvalue weighted by atomic mass is 10.1. The molecule has 0 bridgehead atoms. The summed E-state index contributed by atoms with van der Waals surface area (Å²) >= 11 is 5.95. The van der Waals surface area contributed by atoms with Crippen molar-refractivity contribution >= 4 is 11.6 Å². The second kappa shape index (κ2) is 4.96. The average molecular weight is 263 g/mol. The van der Waals surface area contributed by atoms with Gasteiger partial charge in [0.2, 0.25) is 0 Å². The van der Waals surface area contributed by atoms with Crippen LogP contribution in [0.1, 0.15) is 16.8 Å². The van der Waals surface area contributed by atoms with Gasteiger partial charge in [-0.3, -0.25) is 4.79 Å². The van der Waals surface area contributed by atoms with Crippen molar-refractivity contribution < 1.29 is 0 Å². The maximum absolute atomic E-state index is 11.7. The second-order valence-electron chi connectivity index (χ2n) is 4.31. The predicted molar refractivity (Wildman–Crippen MR) is 74.4 cm³/mol. The van der Waals surface area contributed by atoms with Crippen LogP contribution in [0.3, 0.4) is 0 Å². The first kappa shape index (κ1) is 12.9. The van der Waals surface area contributed by atoms with Crippen LogP contribution < -0.4 is 11.2 Å². The van der Waals surface area contributed by atoms with E-state index in [4.69, 9.17) is 17.3 Å². The number of nitrogens with two attached hydrogens (primary N) is 1. The minimum absolute atomic E-state index is 0.0159. The van der Waals surface area contributed by atoms with Crippen molar-refractivity contribution in [3.8, 4) is 5.69 Å². The number of aromatic nitrogens is 1. The fourth-order valence-corrected chi connectivity index (χ4v) is 2.20. The van der Waals surface area contributed by atoms with Crippen molar-refractivity contribution in [1.82, 2.24) is 4.57 Å². The van der Waals surface area contributed by atoms with Gasteiger partial charge in [-0.25, -0.2) is 0 Å². The zero-order chi connectivity index (χ0) is 13.3. The van der Waals surface area contributed by atoms with Gasteiger partial charge in [0.15, 0.2) is 5.43 Å². The summed E-state index contributed by atoms with van der Waals surface area (Å²) in [5.74, 6) is 0. The molecule has 1 aromatic heterocycles. The lowest BCUT2D eigenvalue weighted by Crippen LogP contribution is -2.17. The molecule has 2 aromatic rings. The molecule has 0 amide bonds. The zero-order valence-corrected chi connectivity index (χ0v) is 11.2. The van der Waals surface area contributed by atoms with E-state index in [-0.39, 0.29) is 12.0 Å². The molecule has 0 aliphatic heterocycles. The van der Waals surface area contributed by atoms with Gasteiger partial charge in [0.05, 0.1) is 0 Å². The summed E-state index contributed by atoms with van der Waals surface area (Å²) in [6.07, 6.45) is 1.80. The molecule has 4 heteroatoms. The molecule has 0 aliphatic rings. The summed E-state index contributed by atoms with van der Waals surface area (Å²) in [5.41, 5.74) is 9.10. The van der Waals surface area contributed by atoms with Crippen molar-refractivity contribution in [1.29, 1.82) is 0 Å². The van der Waals surface area contributed by atoms with E-state index >= 15 is 0 Å². The number of aryl methyl sites for hydroxylation is 2. The number of benzene rings is 1. The van der Waals surface area contributed by atoms with Crippen molar-refractivity contribution in [2.24, 2.45) is 5.73 Å². The summed E-state index contributed by atoms with van der Waals surface area (Å²) in [6, 6.07) is 7.28. The molecule has 0 saturated heterocycles. The fourth-order valence-electron chi connectivity index (χ4n) is 1.98. The van der Waals surface area contributed by atoms with Gasteiger partial charge in [0.1, 0.15) is 0 Å². The predicted octanol–water partition coefficient (Wildman–Crippen LogP) is 2.57. The molecule has 0 unspecified atom stereocenters. The maximum Gasteiger partial charge on any atom is 0.186 e. The standard InChI is InChI=1S/C14H15ClN2O/c1-9-5-12(15)3-4-13(9)17-8-11(7-16)14(18)6-10(17)2/h3-6,8H,7,16H2,1-2H3. The van der Waals surface area contributed by atoms with E-state index in [9.17, 15) is 4.79 Å². The number of hydrogen-bond donors (Lipinski definition) is 1. The summed E-state index contributed by atoms with van der Waals surface area (Å²) in [4.78, 5) is 11.7. The minimum atomic E-state index is -0.0159. The van der Waals surface area contributed by atoms with E-state index in [2.05, 4.69) is 0 Å². The summed E-state index contributed by atoms with van der Waals surface area (Å²) in [7, 11) is 0.